The van der Waals surface area contributed by atoms with E-state index in [0.29, 0.717) is 17.5 Å². The van der Waals surface area contributed by atoms with Crippen LogP contribution in [-0.2, 0) is 22.5 Å². The van der Waals surface area contributed by atoms with Gasteiger partial charge in [-0.05, 0) is 35.2 Å². The molecule has 4 rings (SSSR count). The summed E-state index contributed by atoms with van der Waals surface area (Å²) in [7, 11) is -0.674. The molecular formula is C27H31N5O6S. The van der Waals surface area contributed by atoms with Crippen LogP contribution in [0.25, 0.3) is 0 Å². The molecule has 0 aliphatic rings. The van der Waals surface area contributed by atoms with E-state index >= 15 is 0 Å². The first-order valence-electron chi connectivity index (χ1n) is 12.1. The Morgan fingerprint density at radius 3 is 2.33 bits per heavy atom. The van der Waals surface area contributed by atoms with Gasteiger partial charge in [-0.1, -0.05) is 39.0 Å². The van der Waals surface area contributed by atoms with Gasteiger partial charge in [-0.3, -0.25) is 4.72 Å². The van der Waals surface area contributed by atoms with Crippen molar-refractivity contribution in [3.05, 3.63) is 72.8 Å². The summed E-state index contributed by atoms with van der Waals surface area (Å²) >= 11 is 0. The molecule has 0 saturated carbocycles. The third-order valence-electron chi connectivity index (χ3n) is 5.62. The SMILES string of the molecule is COc1cccc(Oc2c(NS(=O)(=O)c3ccc(C(C)(C)C)cc3)ncnc2OCCOc2nccn2C)c1. The van der Waals surface area contributed by atoms with Crippen molar-refractivity contribution < 1.29 is 27.4 Å². The summed E-state index contributed by atoms with van der Waals surface area (Å²) in [5.74, 6) is 0.840. The minimum Gasteiger partial charge on any atom is -0.497 e. The highest BCUT2D eigenvalue weighted by molar-refractivity contribution is 7.92. The standard InChI is InChI=1S/C27H31N5O6S/c1-27(2,3)19-9-11-22(12-10-19)39(33,34)31-24-23(38-21-8-6-7-20(17-21)35-5)25(30-18-29-24)36-15-16-37-26-28-13-14-32(26)4/h6-14,17-18H,15-16H2,1-5H3,(H,29,30,31). The van der Waals surface area contributed by atoms with Gasteiger partial charge in [0, 0.05) is 25.5 Å². The third kappa shape index (κ3) is 6.96. The van der Waals surface area contributed by atoms with E-state index in [1.807, 2.05) is 7.05 Å². The Morgan fingerprint density at radius 1 is 0.949 bits per heavy atom. The van der Waals surface area contributed by atoms with Crippen LogP contribution in [0.2, 0.25) is 0 Å². The number of imidazole rings is 1. The van der Waals surface area contributed by atoms with Crippen molar-refractivity contribution in [2.75, 3.05) is 25.0 Å². The summed E-state index contributed by atoms with van der Waals surface area (Å²) in [6, 6.07) is 13.9. The van der Waals surface area contributed by atoms with Gasteiger partial charge in [0.1, 0.15) is 31.0 Å². The first kappa shape index (κ1) is 27.7. The Bertz CT molecular complexity index is 1510. The van der Waals surface area contributed by atoms with E-state index in [4.69, 9.17) is 18.9 Å². The van der Waals surface area contributed by atoms with E-state index in [9.17, 15) is 8.42 Å². The van der Waals surface area contributed by atoms with Gasteiger partial charge < -0.3 is 23.5 Å². The summed E-state index contributed by atoms with van der Waals surface area (Å²) in [5.41, 5.74) is 0.890. The van der Waals surface area contributed by atoms with Crippen LogP contribution in [0.4, 0.5) is 5.82 Å². The Labute approximate surface area is 227 Å². The Kier molecular flexibility index (Phi) is 8.24. The fourth-order valence-electron chi connectivity index (χ4n) is 3.49. The number of aromatic nitrogens is 4. The van der Waals surface area contributed by atoms with Crippen molar-refractivity contribution in [1.82, 2.24) is 19.5 Å². The van der Waals surface area contributed by atoms with E-state index < -0.39 is 10.0 Å². The molecule has 2 aromatic carbocycles. The van der Waals surface area contributed by atoms with Crippen LogP contribution in [0.15, 0.2) is 72.1 Å². The number of anilines is 1. The number of ether oxygens (including phenoxy) is 4. The Morgan fingerprint density at radius 2 is 1.67 bits per heavy atom. The lowest BCUT2D eigenvalue weighted by atomic mass is 9.87. The van der Waals surface area contributed by atoms with Gasteiger partial charge in [0.05, 0.1) is 12.0 Å². The van der Waals surface area contributed by atoms with Crippen LogP contribution < -0.4 is 23.7 Å². The molecule has 0 amide bonds. The summed E-state index contributed by atoms with van der Waals surface area (Å²) in [5, 5.41) is 0. The van der Waals surface area contributed by atoms with E-state index in [1.54, 1.807) is 65.5 Å². The molecule has 11 nitrogen and oxygen atoms in total. The molecule has 2 aromatic heterocycles. The van der Waals surface area contributed by atoms with Crippen molar-refractivity contribution in [2.45, 2.75) is 31.1 Å². The number of hydrogen-bond acceptors (Lipinski definition) is 9. The van der Waals surface area contributed by atoms with E-state index in [0.717, 1.165) is 5.56 Å². The van der Waals surface area contributed by atoms with E-state index in [1.165, 1.54) is 13.4 Å². The number of hydrogen-bond donors (Lipinski definition) is 1. The zero-order valence-corrected chi connectivity index (χ0v) is 23.2. The average Bonchev–Trinajstić information content (AvgIpc) is 3.32. The van der Waals surface area contributed by atoms with Gasteiger partial charge in [-0.15, -0.1) is 0 Å². The molecule has 4 aromatic rings. The van der Waals surface area contributed by atoms with Crippen molar-refractivity contribution in [1.29, 1.82) is 0 Å². The van der Waals surface area contributed by atoms with Gasteiger partial charge in [0.15, 0.2) is 5.82 Å². The van der Waals surface area contributed by atoms with E-state index in [2.05, 4.69) is 40.4 Å². The lowest BCUT2D eigenvalue weighted by molar-refractivity contribution is 0.194. The van der Waals surface area contributed by atoms with Crippen molar-refractivity contribution in [3.8, 4) is 29.1 Å². The lowest BCUT2D eigenvalue weighted by Gasteiger charge is -2.19. The largest absolute Gasteiger partial charge is 0.497 e. The molecule has 0 saturated heterocycles. The number of benzene rings is 2. The maximum atomic E-state index is 13.3. The van der Waals surface area contributed by atoms with E-state index in [-0.39, 0.29) is 41.0 Å². The molecule has 0 bridgehead atoms. The molecule has 12 heteroatoms. The number of aryl methyl sites for hydroxylation is 1. The van der Waals surface area contributed by atoms with Crippen LogP contribution in [0.3, 0.4) is 0 Å². The smallest absolute Gasteiger partial charge is 0.296 e. The number of rotatable bonds is 11. The number of methoxy groups -OCH3 is 1. The molecule has 1 N–H and O–H groups in total. The first-order valence-corrected chi connectivity index (χ1v) is 13.6. The Balaban J connectivity index is 1.60. The average molecular weight is 554 g/mol. The predicted octanol–water partition coefficient (Wildman–Crippen LogP) is 4.57. The quantitative estimate of drug-likeness (QED) is 0.266. The van der Waals surface area contributed by atoms with Crippen molar-refractivity contribution >= 4 is 15.8 Å². The maximum Gasteiger partial charge on any atom is 0.296 e. The highest BCUT2D eigenvalue weighted by Crippen LogP contribution is 2.37. The van der Waals surface area contributed by atoms with Crippen LogP contribution >= 0.6 is 0 Å². The third-order valence-corrected chi connectivity index (χ3v) is 6.98. The van der Waals surface area contributed by atoms with Crippen molar-refractivity contribution in [3.63, 3.8) is 0 Å². The second kappa shape index (κ2) is 11.6. The van der Waals surface area contributed by atoms with Crippen molar-refractivity contribution in [2.24, 2.45) is 7.05 Å². The molecule has 206 valence electrons. The summed E-state index contributed by atoms with van der Waals surface area (Å²) in [6.07, 6.45) is 4.57. The highest BCUT2D eigenvalue weighted by Gasteiger charge is 2.23. The summed E-state index contributed by atoms with van der Waals surface area (Å²) < 4.78 is 53.5. The van der Waals surface area contributed by atoms with Gasteiger partial charge in [0.2, 0.25) is 5.75 Å². The maximum absolute atomic E-state index is 13.3. The molecule has 0 aliphatic carbocycles. The van der Waals surface area contributed by atoms with Crippen LogP contribution in [0, 0.1) is 0 Å². The monoisotopic (exact) mass is 553 g/mol. The van der Waals surface area contributed by atoms with Gasteiger partial charge in [-0.25, -0.2) is 18.4 Å². The molecule has 0 aliphatic heterocycles. The van der Waals surface area contributed by atoms with Gasteiger partial charge in [-0.2, -0.15) is 4.98 Å². The molecule has 0 unspecified atom stereocenters. The topological polar surface area (TPSA) is 127 Å². The van der Waals surface area contributed by atoms with Gasteiger partial charge >= 0.3 is 0 Å². The zero-order chi connectivity index (χ0) is 28.0. The fraction of sp³-hybridized carbons (Fsp3) is 0.296. The van der Waals surface area contributed by atoms with Crippen LogP contribution in [0.5, 0.6) is 29.1 Å². The minimum atomic E-state index is -4.02. The predicted molar refractivity (Wildman–Crippen MR) is 145 cm³/mol. The fourth-order valence-corrected chi connectivity index (χ4v) is 4.50. The number of sulfonamides is 1. The molecule has 0 atom stereocenters. The minimum absolute atomic E-state index is 0.0161. The van der Waals surface area contributed by atoms with Gasteiger partial charge in [0.25, 0.3) is 21.9 Å². The molecule has 0 radical (unpaired) electrons. The second-order valence-corrected chi connectivity index (χ2v) is 11.2. The summed E-state index contributed by atoms with van der Waals surface area (Å²) in [6.45, 7) is 6.41. The molecule has 0 spiro atoms. The number of nitrogens with one attached hydrogen (secondary N) is 1. The highest BCUT2D eigenvalue weighted by atomic mass is 32.2. The van der Waals surface area contributed by atoms with Crippen LogP contribution in [-0.4, -0.2) is 48.3 Å². The molecule has 0 fully saturated rings. The number of nitrogens with zero attached hydrogens (tertiary/aromatic N) is 4. The zero-order valence-electron chi connectivity index (χ0n) is 22.4. The summed E-state index contributed by atoms with van der Waals surface area (Å²) in [4.78, 5) is 12.5. The Hall–Kier alpha value is -4.32. The lowest BCUT2D eigenvalue weighted by Crippen LogP contribution is -2.17. The molecule has 2 heterocycles. The normalized spacial score (nSPS) is 11.6. The van der Waals surface area contributed by atoms with Crippen LogP contribution in [0.1, 0.15) is 26.3 Å². The molecular weight excluding hydrogens is 522 g/mol. The second-order valence-electron chi connectivity index (χ2n) is 9.54. The first-order chi connectivity index (χ1) is 18.6. The molecule has 39 heavy (non-hydrogen) atoms.